The number of nitrogen functional groups attached to an aromatic ring is 1. The van der Waals surface area contributed by atoms with Gasteiger partial charge in [-0.15, -0.1) is 0 Å². The minimum absolute atomic E-state index is 0.515. The summed E-state index contributed by atoms with van der Waals surface area (Å²) in [7, 11) is 0. The van der Waals surface area contributed by atoms with Gasteiger partial charge in [0, 0.05) is 0 Å². The van der Waals surface area contributed by atoms with Crippen LogP contribution in [0.25, 0.3) is 0 Å². The van der Waals surface area contributed by atoms with Crippen molar-refractivity contribution in [2.24, 2.45) is 11.8 Å². The zero-order valence-electron chi connectivity index (χ0n) is 8.98. The third kappa shape index (κ3) is 1.63. The largest absolute Gasteiger partial charge is 0.384 e. The fourth-order valence-corrected chi connectivity index (χ4v) is 2.61. The van der Waals surface area contributed by atoms with E-state index in [-0.39, 0.29) is 0 Å². The van der Waals surface area contributed by atoms with Crippen molar-refractivity contribution in [3.8, 4) is 0 Å². The Kier molecular flexibility index (Phi) is 2.48. The number of anilines is 1. The maximum atomic E-state index is 5.87. The molecule has 2 rings (SSSR count). The molecule has 3 nitrogen and oxygen atoms in total. The lowest BCUT2D eigenvalue weighted by molar-refractivity contribution is 0.197. The first-order valence-electron chi connectivity index (χ1n) is 5.47. The van der Waals surface area contributed by atoms with Gasteiger partial charge in [-0.3, -0.25) is 0 Å². The predicted molar refractivity (Wildman–Crippen MR) is 57.9 cm³/mol. The highest BCUT2D eigenvalue weighted by atomic mass is 15.3. The summed E-state index contributed by atoms with van der Waals surface area (Å²) in [6.07, 6.45) is 5.60. The van der Waals surface area contributed by atoms with E-state index in [2.05, 4.69) is 18.9 Å². The highest BCUT2D eigenvalue weighted by Crippen LogP contribution is 2.37. The van der Waals surface area contributed by atoms with E-state index in [0.717, 1.165) is 11.7 Å². The van der Waals surface area contributed by atoms with Crippen molar-refractivity contribution in [1.82, 2.24) is 9.78 Å². The molecule has 1 fully saturated rings. The zero-order valence-corrected chi connectivity index (χ0v) is 8.98. The molecule has 14 heavy (non-hydrogen) atoms. The van der Waals surface area contributed by atoms with Crippen LogP contribution < -0.4 is 5.73 Å². The van der Waals surface area contributed by atoms with Gasteiger partial charge < -0.3 is 5.73 Å². The van der Waals surface area contributed by atoms with Gasteiger partial charge in [-0.25, -0.2) is 4.68 Å². The van der Waals surface area contributed by atoms with Gasteiger partial charge >= 0.3 is 0 Å². The summed E-state index contributed by atoms with van der Waals surface area (Å²) in [4.78, 5) is 0. The lowest BCUT2D eigenvalue weighted by Gasteiger charge is -2.33. The monoisotopic (exact) mass is 193 g/mol. The van der Waals surface area contributed by atoms with E-state index >= 15 is 0 Å². The number of rotatable bonds is 1. The van der Waals surface area contributed by atoms with E-state index in [1.807, 2.05) is 10.7 Å². The summed E-state index contributed by atoms with van der Waals surface area (Å²) in [5.74, 6) is 2.36. The second kappa shape index (κ2) is 3.64. The molecule has 0 radical (unpaired) electrons. The summed E-state index contributed by atoms with van der Waals surface area (Å²) in [6, 6.07) is 2.39. The van der Waals surface area contributed by atoms with Gasteiger partial charge in [-0.2, -0.15) is 5.10 Å². The van der Waals surface area contributed by atoms with E-state index in [9.17, 15) is 0 Å². The van der Waals surface area contributed by atoms with Gasteiger partial charge in [-0.1, -0.05) is 13.8 Å². The lowest BCUT2D eigenvalue weighted by Crippen LogP contribution is -2.26. The summed E-state index contributed by atoms with van der Waals surface area (Å²) in [5, 5.41) is 4.31. The van der Waals surface area contributed by atoms with Crippen LogP contribution >= 0.6 is 0 Å². The van der Waals surface area contributed by atoms with Gasteiger partial charge in [0.1, 0.15) is 5.82 Å². The molecule has 1 aromatic rings. The Hall–Kier alpha value is -0.990. The maximum absolute atomic E-state index is 5.87. The van der Waals surface area contributed by atoms with Crippen molar-refractivity contribution < 1.29 is 0 Å². The molecule has 0 spiro atoms. The van der Waals surface area contributed by atoms with Crippen LogP contribution in [0.15, 0.2) is 12.3 Å². The molecule has 0 aromatic carbocycles. The fraction of sp³-hybridized carbons (Fsp3) is 0.727. The SMILES string of the molecule is CC1CCC(n2nccc2N)C(C)C1. The van der Waals surface area contributed by atoms with Crippen LogP contribution in [0.4, 0.5) is 5.82 Å². The minimum atomic E-state index is 0.515. The Morgan fingerprint density at radius 1 is 1.43 bits per heavy atom. The Labute approximate surface area is 85.3 Å². The summed E-state index contributed by atoms with van der Waals surface area (Å²) >= 11 is 0. The van der Waals surface area contributed by atoms with Crippen molar-refractivity contribution in [3.05, 3.63) is 12.3 Å². The fourth-order valence-electron chi connectivity index (χ4n) is 2.61. The standard InChI is InChI=1S/C11H19N3/c1-8-3-4-10(9(2)7-8)14-11(12)5-6-13-14/h5-6,8-10H,3-4,7,12H2,1-2H3. The predicted octanol–water partition coefficient (Wildman–Crippen LogP) is 2.46. The van der Waals surface area contributed by atoms with Crippen molar-refractivity contribution in [1.29, 1.82) is 0 Å². The molecule has 0 aliphatic heterocycles. The number of nitrogens with zero attached hydrogens (tertiary/aromatic N) is 2. The van der Waals surface area contributed by atoms with E-state index in [0.29, 0.717) is 12.0 Å². The Balaban J connectivity index is 2.15. The van der Waals surface area contributed by atoms with Gasteiger partial charge in [0.05, 0.1) is 12.2 Å². The molecule has 3 heteroatoms. The van der Waals surface area contributed by atoms with Gasteiger partial charge in [-0.05, 0) is 37.2 Å². The molecule has 0 amide bonds. The molecule has 1 heterocycles. The van der Waals surface area contributed by atoms with Crippen LogP contribution in [0, 0.1) is 11.8 Å². The van der Waals surface area contributed by atoms with Crippen molar-refractivity contribution in [2.45, 2.75) is 39.2 Å². The van der Waals surface area contributed by atoms with Gasteiger partial charge in [0.15, 0.2) is 0 Å². The first-order valence-corrected chi connectivity index (χ1v) is 5.47. The zero-order chi connectivity index (χ0) is 10.1. The maximum Gasteiger partial charge on any atom is 0.121 e. The molecular formula is C11H19N3. The van der Waals surface area contributed by atoms with E-state index in [1.54, 1.807) is 6.20 Å². The normalized spacial score (nSPS) is 33.1. The van der Waals surface area contributed by atoms with E-state index in [4.69, 9.17) is 5.73 Å². The molecular weight excluding hydrogens is 174 g/mol. The minimum Gasteiger partial charge on any atom is -0.384 e. The van der Waals surface area contributed by atoms with Crippen LogP contribution in [0.3, 0.4) is 0 Å². The van der Waals surface area contributed by atoms with E-state index in [1.165, 1.54) is 19.3 Å². The van der Waals surface area contributed by atoms with E-state index < -0.39 is 0 Å². The molecule has 78 valence electrons. The molecule has 2 N–H and O–H groups in total. The first kappa shape index (κ1) is 9.56. The molecule has 1 aromatic heterocycles. The second-order valence-corrected chi connectivity index (χ2v) is 4.66. The van der Waals surface area contributed by atoms with Crippen molar-refractivity contribution in [3.63, 3.8) is 0 Å². The topological polar surface area (TPSA) is 43.8 Å². The Bertz CT molecular complexity index is 305. The second-order valence-electron chi connectivity index (χ2n) is 4.66. The van der Waals surface area contributed by atoms with Crippen LogP contribution in [0.1, 0.15) is 39.2 Å². The molecule has 1 aliphatic rings. The Morgan fingerprint density at radius 3 is 2.79 bits per heavy atom. The highest BCUT2D eigenvalue weighted by Gasteiger charge is 2.27. The molecule has 1 aliphatic carbocycles. The summed E-state index contributed by atoms with van der Waals surface area (Å²) < 4.78 is 2.00. The lowest BCUT2D eigenvalue weighted by atomic mass is 9.80. The molecule has 0 saturated heterocycles. The van der Waals surface area contributed by atoms with Crippen molar-refractivity contribution >= 4 is 5.82 Å². The smallest absolute Gasteiger partial charge is 0.121 e. The average Bonchev–Trinajstić information content (AvgIpc) is 2.52. The highest BCUT2D eigenvalue weighted by molar-refractivity contribution is 5.26. The van der Waals surface area contributed by atoms with Crippen LogP contribution in [0.5, 0.6) is 0 Å². The van der Waals surface area contributed by atoms with Crippen LogP contribution in [-0.4, -0.2) is 9.78 Å². The number of hydrogen-bond donors (Lipinski definition) is 1. The summed E-state index contributed by atoms with van der Waals surface area (Å²) in [5.41, 5.74) is 5.87. The first-order chi connectivity index (χ1) is 6.68. The van der Waals surface area contributed by atoms with Crippen molar-refractivity contribution in [2.75, 3.05) is 5.73 Å². The third-order valence-corrected chi connectivity index (χ3v) is 3.40. The molecule has 3 unspecified atom stereocenters. The molecule has 1 saturated carbocycles. The number of hydrogen-bond acceptors (Lipinski definition) is 2. The number of nitrogens with two attached hydrogens (primary N) is 1. The number of aromatic nitrogens is 2. The van der Waals surface area contributed by atoms with Gasteiger partial charge in [0.2, 0.25) is 0 Å². The summed E-state index contributed by atoms with van der Waals surface area (Å²) in [6.45, 7) is 4.64. The molecule has 0 bridgehead atoms. The van der Waals surface area contributed by atoms with Crippen LogP contribution in [0.2, 0.25) is 0 Å². The van der Waals surface area contributed by atoms with Crippen LogP contribution in [-0.2, 0) is 0 Å². The average molecular weight is 193 g/mol. The Morgan fingerprint density at radius 2 is 2.21 bits per heavy atom. The third-order valence-electron chi connectivity index (χ3n) is 3.40. The quantitative estimate of drug-likeness (QED) is 0.744. The molecule has 3 atom stereocenters. The van der Waals surface area contributed by atoms with Gasteiger partial charge in [0.25, 0.3) is 0 Å².